The molecule has 0 spiro atoms. The quantitative estimate of drug-likeness (QED) is 0.927. The molecule has 3 rings (SSSR count). The average Bonchev–Trinajstić information content (AvgIpc) is 3.16. The highest BCUT2D eigenvalue weighted by Gasteiger charge is 2.32. The third-order valence-corrected chi connectivity index (χ3v) is 4.66. The van der Waals surface area contributed by atoms with Crippen LogP contribution < -0.4 is 0 Å². The Hall–Kier alpha value is -1.70. The van der Waals surface area contributed by atoms with Gasteiger partial charge < -0.3 is 14.7 Å². The van der Waals surface area contributed by atoms with Gasteiger partial charge in [0.15, 0.2) is 0 Å². The normalized spacial score (nSPS) is 22.0. The van der Waals surface area contributed by atoms with Crippen LogP contribution in [0, 0.1) is 0 Å². The molecule has 0 radical (unpaired) electrons. The molecule has 2 atom stereocenters. The first-order valence-corrected chi connectivity index (χ1v) is 8.09. The van der Waals surface area contributed by atoms with Crippen molar-refractivity contribution in [2.75, 3.05) is 19.8 Å². The zero-order chi connectivity index (χ0) is 15.7. The van der Waals surface area contributed by atoms with Crippen LogP contribution in [0.1, 0.15) is 17.3 Å². The van der Waals surface area contributed by atoms with Crippen molar-refractivity contribution in [2.45, 2.75) is 19.1 Å². The summed E-state index contributed by atoms with van der Waals surface area (Å²) in [7, 11) is 1.81. The van der Waals surface area contributed by atoms with Crippen LogP contribution in [0.4, 0.5) is 0 Å². The largest absolute Gasteiger partial charge is 0.394 e. The van der Waals surface area contributed by atoms with Gasteiger partial charge in [-0.3, -0.25) is 9.48 Å². The summed E-state index contributed by atoms with van der Waals surface area (Å²) < 4.78 is 7.16. The van der Waals surface area contributed by atoms with Crippen LogP contribution in [0.15, 0.2) is 23.7 Å². The van der Waals surface area contributed by atoms with E-state index in [0.29, 0.717) is 24.4 Å². The fourth-order valence-corrected chi connectivity index (χ4v) is 3.33. The number of hydrogen-bond donors (Lipinski definition) is 1. The highest BCUT2D eigenvalue weighted by molar-refractivity contribution is 7.13. The van der Waals surface area contributed by atoms with Gasteiger partial charge in [-0.1, -0.05) is 6.07 Å². The van der Waals surface area contributed by atoms with E-state index < -0.39 is 0 Å². The van der Waals surface area contributed by atoms with Gasteiger partial charge in [-0.25, -0.2) is 0 Å². The number of aliphatic hydroxyl groups is 1. The van der Waals surface area contributed by atoms with Gasteiger partial charge in [-0.2, -0.15) is 5.10 Å². The van der Waals surface area contributed by atoms with E-state index in [-0.39, 0.29) is 24.7 Å². The average molecular weight is 321 g/mol. The van der Waals surface area contributed by atoms with Gasteiger partial charge in [0.05, 0.1) is 35.8 Å². The fraction of sp³-hybridized carbons (Fsp3) is 0.467. The molecule has 1 fully saturated rings. The molecule has 1 aliphatic rings. The van der Waals surface area contributed by atoms with Crippen molar-refractivity contribution in [3.05, 3.63) is 29.3 Å². The number of aliphatic hydroxyl groups excluding tert-OH is 1. The zero-order valence-electron chi connectivity index (χ0n) is 12.6. The molecule has 6 nitrogen and oxygen atoms in total. The lowest BCUT2D eigenvalue weighted by atomic mass is 10.1. The minimum absolute atomic E-state index is 0.0216. The number of thiophene rings is 1. The number of aromatic nitrogens is 2. The Morgan fingerprint density at radius 2 is 2.41 bits per heavy atom. The van der Waals surface area contributed by atoms with Gasteiger partial charge in [0.25, 0.3) is 5.91 Å². The predicted molar refractivity (Wildman–Crippen MR) is 83.8 cm³/mol. The van der Waals surface area contributed by atoms with Crippen LogP contribution in [0.3, 0.4) is 0 Å². The van der Waals surface area contributed by atoms with Crippen molar-refractivity contribution in [1.82, 2.24) is 14.7 Å². The van der Waals surface area contributed by atoms with Crippen molar-refractivity contribution in [1.29, 1.82) is 0 Å². The molecule has 22 heavy (non-hydrogen) atoms. The maximum atomic E-state index is 12.9. The molecule has 118 valence electrons. The van der Waals surface area contributed by atoms with E-state index in [4.69, 9.17) is 4.74 Å². The number of morpholine rings is 1. The molecule has 1 N–H and O–H groups in total. The van der Waals surface area contributed by atoms with Crippen molar-refractivity contribution < 1.29 is 14.6 Å². The fourth-order valence-electron chi connectivity index (χ4n) is 2.61. The highest BCUT2D eigenvalue weighted by atomic mass is 32.1. The Kier molecular flexibility index (Phi) is 4.28. The first-order chi connectivity index (χ1) is 10.6. The second-order valence-corrected chi connectivity index (χ2v) is 6.43. The molecule has 0 aliphatic carbocycles. The van der Waals surface area contributed by atoms with E-state index in [0.717, 1.165) is 4.88 Å². The monoisotopic (exact) mass is 321 g/mol. The lowest BCUT2D eigenvalue weighted by Gasteiger charge is -2.37. The van der Waals surface area contributed by atoms with Gasteiger partial charge in [0, 0.05) is 19.8 Å². The van der Waals surface area contributed by atoms with Crippen molar-refractivity contribution in [3.63, 3.8) is 0 Å². The van der Waals surface area contributed by atoms with E-state index in [1.165, 1.54) is 0 Å². The summed E-state index contributed by atoms with van der Waals surface area (Å²) in [5.41, 5.74) is 1.30. The van der Waals surface area contributed by atoms with Gasteiger partial charge in [0.2, 0.25) is 0 Å². The molecule has 1 aliphatic heterocycles. The standard InChI is InChI=1S/C15H19N3O3S/c1-10-9-21-11(8-19)6-18(10)15(20)12-7-17(2)16-14(12)13-4-3-5-22-13/h3-5,7,10-11,19H,6,8-9H2,1-2H3. The Morgan fingerprint density at radius 3 is 3.09 bits per heavy atom. The maximum Gasteiger partial charge on any atom is 0.258 e. The predicted octanol–water partition coefficient (Wildman–Crippen LogP) is 1.37. The Balaban J connectivity index is 1.92. The SMILES string of the molecule is CC1COC(CO)CN1C(=O)c1cn(C)nc1-c1cccs1. The second-order valence-electron chi connectivity index (χ2n) is 5.49. The first kappa shape index (κ1) is 15.2. The molecule has 2 aromatic rings. The van der Waals surface area contributed by atoms with Crippen molar-refractivity contribution in [2.24, 2.45) is 7.05 Å². The van der Waals surface area contributed by atoms with Crippen LogP contribution in [0.2, 0.25) is 0 Å². The zero-order valence-corrected chi connectivity index (χ0v) is 13.4. The van der Waals surface area contributed by atoms with Crippen LogP contribution in [0.25, 0.3) is 10.6 Å². The van der Waals surface area contributed by atoms with E-state index in [9.17, 15) is 9.90 Å². The number of aryl methyl sites for hydroxylation is 1. The topological polar surface area (TPSA) is 67.6 Å². The molecular formula is C15H19N3O3S. The molecule has 3 heterocycles. The van der Waals surface area contributed by atoms with Gasteiger partial charge >= 0.3 is 0 Å². The van der Waals surface area contributed by atoms with Gasteiger partial charge in [-0.05, 0) is 18.4 Å². The summed E-state index contributed by atoms with van der Waals surface area (Å²) in [4.78, 5) is 15.7. The van der Waals surface area contributed by atoms with E-state index in [2.05, 4.69) is 5.10 Å². The summed E-state index contributed by atoms with van der Waals surface area (Å²) in [5, 5.41) is 15.7. The number of carbonyl (C=O) groups is 1. The Labute approximate surface area is 132 Å². The number of ether oxygens (including phenoxy) is 1. The summed E-state index contributed by atoms with van der Waals surface area (Å²) >= 11 is 1.56. The Bertz CT molecular complexity index is 653. The summed E-state index contributed by atoms with van der Waals surface area (Å²) in [5.74, 6) is -0.0641. The highest BCUT2D eigenvalue weighted by Crippen LogP contribution is 2.28. The van der Waals surface area contributed by atoms with Crippen LogP contribution in [-0.2, 0) is 11.8 Å². The third-order valence-electron chi connectivity index (χ3n) is 3.78. The van der Waals surface area contributed by atoms with Gasteiger partial charge in [0.1, 0.15) is 5.69 Å². The molecular weight excluding hydrogens is 302 g/mol. The maximum absolute atomic E-state index is 12.9. The van der Waals surface area contributed by atoms with Crippen LogP contribution >= 0.6 is 11.3 Å². The third kappa shape index (κ3) is 2.79. The number of rotatable bonds is 3. The molecule has 0 bridgehead atoms. The van der Waals surface area contributed by atoms with E-state index in [1.807, 2.05) is 31.5 Å². The Morgan fingerprint density at radius 1 is 1.59 bits per heavy atom. The number of hydrogen-bond acceptors (Lipinski definition) is 5. The smallest absolute Gasteiger partial charge is 0.258 e. The minimum atomic E-state index is -0.318. The van der Waals surface area contributed by atoms with E-state index >= 15 is 0 Å². The second kappa shape index (κ2) is 6.20. The summed E-state index contributed by atoms with van der Waals surface area (Å²) in [6.07, 6.45) is 1.44. The van der Waals surface area contributed by atoms with Crippen molar-refractivity contribution >= 4 is 17.2 Å². The number of carbonyl (C=O) groups excluding carboxylic acids is 1. The van der Waals surface area contributed by atoms with Crippen LogP contribution in [-0.4, -0.2) is 57.6 Å². The summed E-state index contributed by atoms with van der Waals surface area (Å²) in [6.45, 7) is 2.70. The molecule has 7 heteroatoms. The molecule has 0 saturated carbocycles. The number of nitrogens with zero attached hydrogens (tertiary/aromatic N) is 3. The van der Waals surface area contributed by atoms with E-state index in [1.54, 1.807) is 27.1 Å². The molecule has 0 aromatic carbocycles. The van der Waals surface area contributed by atoms with Crippen molar-refractivity contribution in [3.8, 4) is 10.6 Å². The summed E-state index contributed by atoms with van der Waals surface area (Å²) in [6, 6.07) is 3.89. The lowest BCUT2D eigenvalue weighted by Crippen LogP contribution is -2.52. The van der Waals surface area contributed by atoms with Crippen LogP contribution in [0.5, 0.6) is 0 Å². The van der Waals surface area contributed by atoms with Gasteiger partial charge in [-0.15, -0.1) is 11.3 Å². The molecule has 2 unspecified atom stereocenters. The minimum Gasteiger partial charge on any atom is -0.394 e. The molecule has 1 saturated heterocycles. The molecule has 2 aromatic heterocycles. The molecule has 1 amide bonds. The lowest BCUT2D eigenvalue weighted by molar-refractivity contribution is -0.0667. The number of amides is 1. The first-order valence-electron chi connectivity index (χ1n) is 7.21.